The van der Waals surface area contributed by atoms with Gasteiger partial charge in [-0.05, 0) is 12.1 Å². The molecule has 0 spiro atoms. The van der Waals surface area contributed by atoms with Crippen molar-refractivity contribution in [2.24, 2.45) is 0 Å². The Hall–Kier alpha value is -1.13. The van der Waals surface area contributed by atoms with Crippen LogP contribution >= 0.6 is 11.6 Å². The highest BCUT2D eigenvalue weighted by Crippen LogP contribution is 2.16. The van der Waals surface area contributed by atoms with Crippen molar-refractivity contribution in [3.63, 3.8) is 0 Å². The molecule has 64 valence electrons. The van der Waals surface area contributed by atoms with Crippen LogP contribution in [0.1, 0.15) is 0 Å². The lowest BCUT2D eigenvalue weighted by atomic mass is 10.4. The summed E-state index contributed by atoms with van der Waals surface area (Å²) in [5.41, 5.74) is 0.401. The van der Waals surface area contributed by atoms with Crippen molar-refractivity contribution in [2.45, 2.75) is 0 Å². The number of pyridine rings is 1. The third kappa shape index (κ3) is 2.18. The Balaban J connectivity index is 2.75. The average Bonchev–Trinajstić information content (AvgIpc) is 2.09. The van der Waals surface area contributed by atoms with E-state index < -0.39 is 12.5 Å². The molecule has 12 heavy (non-hydrogen) atoms. The Morgan fingerprint density at radius 1 is 1.75 bits per heavy atom. The van der Waals surface area contributed by atoms with Gasteiger partial charge in [0.2, 0.25) is 5.91 Å². The van der Waals surface area contributed by atoms with Crippen molar-refractivity contribution in [1.82, 2.24) is 4.98 Å². The Bertz CT molecular complexity index is 290. The van der Waals surface area contributed by atoms with E-state index in [1.165, 1.54) is 6.20 Å². The molecule has 0 aliphatic rings. The van der Waals surface area contributed by atoms with E-state index in [-0.39, 0.29) is 5.15 Å². The van der Waals surface area contributed by atoms with E-state index in [9.17, 15) is 4.79 Å². The molecule has 0 fully saturated rings. The second-order valence-corrected chi connectivity index (χ2v) is 2.41. The molecule has 4 nitrogen and oxygen atoms in total. The lowest BCUT2D eigenvalue weighted by Crippen LogP contribution is -2.15. The third-order valence-electron chi connectivity index (χ3n) is 1.18. The van der Waals surface area contributed by atoms with Crippen molar-refractivity contribution in [3.8, 4) is 0 Å². The van der Waals surface area contributed by atoms with Gasteiger partial charge in [0.15, 0.2) is 5.15 Å². The maximum atomic E-state index is 10.7. The minimum atomic E-state index is -0.564. The van der Waals surface area contributed by atoms with E-state index in [1.807, 2.05) is 0 Å². The lowest BCUT2D eigenvalue weighted by Gasteiger charge is -2.02. The summed E-state index contributed by atoms with van der Waals surface area (Å²) in [5, 5.41) is 11.0. The Morgan fingerprint density at radius 2 is 2.50 bits per heavy atom. The summed E-state index contributed by atoms with van der Waals surface area (Å²) in [6.45, 7) is -0.564. The van der Waals surface area contributed by atoms with Crippen molar-refractivity contribution >= 4 is 23.2 Å². The number of nitrogens with one attached hydrogen (secondary N) is 1. The number of amides is 1. The van der Waals surface area contributed by atoms with Crippen molar-refractivity contribution in [1.29, 1.82) is 0 Å². The molecule has 1 aromatic heterocycles. The van der Waals surface area contributed by atoms with Gasteiger partial charge in [-0.2, -0.15) is 0 Å². The molecule has 2 N–H and O–H groups in total. The first-order chi connectivity index (χ1) is 5.74. The average molecular weight is 187 g/mol. The first-order valence-corrected chi connectivity index (χ1v) is 3.63. The van der Waals surface area contributed by atoms with Gasteiger partial charge in [0.25, 0.3) is 0 Å². The summed E-state index contributed by atoms with van der Waals surface area (Å²) in [4.78, 5) is 14.4. The van der Waals surface area contributed by atoms with Crippen LogP contribution in [0.5, 0.6) is 0 Å². The first kappa shape index (κ1) is 8.96. The largest absolute Gasteiger partial charge is 0.387 e. The molecule has 0 atom stereocenters. The van der Waals surface area contributed by atoms with Crippen LogP contribution in [-0.2, 0) is 4.79 Å². The number of aliphatic hydroxyl groups is 1. The Labute approximate surface area is 74.2 Å². The summed E-state index contributed by atoms with van der Waals surface area (Å²) in [5.74, 6) is -0.509. The summed E-state index contributed by atoms with van der Waals surface area (Å²) in [7, 11) is 0. The van der Waals surface area contributed by atoms with Gasteiger partial charge < -0.3 is 10.4 Å². The van der Waals surface area contributed by atoms with Gasteiger partial charge in [-0.25, -0.2) is 4.98 Å². The molecule has 0 saturated heterocycles. The highest BCUT2D eigenvalue weighted by atomic mass is 35.5. The highest BCUT2D eigenvalue weighted by Gasteiger charge is 2.03. The van der Waals surface area contributed by atoms with Gasteiger partial charge in [0, 0.05) is 6.20 Å². The van der Waals surface area contributed by atoms with Crippen LogP contribution < -0.4 is 5.32 Å². The van der Waals surface area contributed by atoms with Gasteiger partial charge in [-0.15, -0.1) is 0 Å². The molecule has 0 aliphatic heterocycles. The fourth-order valence-corrected chi connectivity index (χ4v) is 0.836. The summed E-state index contributed by atoms with van der Waals surface area (Å²) in [6, 6.07) is 3.24. The molecule has 1 amide bonds. The molecule has 1 heterocycles. The molecule has 1 aromatic rings. The fourth-order valence-electron chi connectivity index (χ4n) is 0.669. The van der Waals surface area contributed by atoms with Crippen molar-refractivity contribution < 1.29 is 9.90 Å². The first-order valence-electron chi connectivity index (χ1n) is 3.25. The van der Waals surface area contributed by atoms with Crippen molar-refractivity contribution in [3.05, 3.63) is 23.5 Å². The number of nitrogens with zero attached hydrogens (tertiary/aromatic N) is 1. The van der Waals surface area contributed by atoms with E-state index in [4.69, 9.17) is 16.7 Å². The number of anilines is 1. The zero-order valence-electron chi connectivity index (χ0n) is 6.12. The van der Waals surface area contributed by atoms with E-state index in [0.29, 0.717) is 5.69 Å². The maximum absolute atomic E-state index is 10.7. The number of carbonyl (C=O) groups is 1. The molecule has 0 saturated carbocycles. The lowest BCUT2D eigenvalue weighted by molar-refractivity contribution is -0.118. The molecule has 0 aliphatic carbocycles. The summed E-state index contributed by atoms with van der Waals surface area (Å²) >= 11 is 5.62. The van der Waals surface area contributed by atoms with E-state index >= 15 is 0 Å². The van der Waals surface area contributed by atoms with E-state index in [1.54, 1.807) is 12.1 Å². The Kier molecular flexibility index (Phi) is 3.01. The SMILES string of the molecule is O=C(CO)Nc1cccnc1Cl. The second-order valence-electron chi connectivity index (χ2n) is 2.05. The van der Waals surface area contributed by atoms with Crippen LogP contribution in [-0.4, -0.2) is 22.6 Å². The van der Waals surface area contributed by atoms with Crippen LogP contribution in [0.25, 0.3) is 0 Å². The van der Waals surface area contributed by atoms with Gasteiger partial charge in [-0.1, -0.05) is 11.6 Å². The minimum Gasteiger partial charge on any atom is -0.387 e. The Morgan fingerprint density at radius 3 is 3.08 bits per heavy atom. The fraction of sp³-hybridized carbons (Fsp3) is 0.143. The van der Waals surface area contributed by atoms with Crippen LogP contribution in [0.15, 0.2) is 18.3 Å². The van der Waals surface area contributed by atoms with Crippen LogP contribution in [0.3, 0.4) is 0 Å². The predicted molar refractivity (Wildman–Crippen MR) is 45.0 cm³/mol. The predicted octanol–water partition coefficient (Wildman–Crippen LogP) is 0.666. The highest BCUT2D eigenvalue weighted by molar-refractivity contribution is 6.32. The molecule has 0 unspecified atom stereocenters. The molecular formula is C7H7ClN2O2. The molecular weight excluding hydrogens is 180 g/mol. The number of hydrogen-bond acceptors (Lipinski definition) is 3. The van der Waals surface area contributed by atoms with Crippen LogP contribution in [0, 0.1) is 0 Å². The number of aliphatic hydroxyl groups excluding tert-OH is 1. The number of halogens is 1. The van der Waals surface area contributed by atoms with E-state index in [2.05, 4.69) is 10.3 Å². The zero-order chi connectivity index (χ0) is 8.97. The molecule has 0 aromatic carbocycles. The van der Waals surface area contributed by atoms with E-state index in [0.717, 1.165) is 0 Å². The number of rotatable bonds is 2. The topological polar surface area (TPSA) is 62.2 Å². The summed E-state index contributed by atoms with van der Waals surface area (Å²) < 4.78 is 0. The number of carbonyl (C=O) groups excluding carboxylic acids is 1. The minimum absolute atomic E-state index is 0.208. The van der Waals surface area contributed by atoms with Crippen LogP contribution in [0.2, 0.25) is 5.15 Å². The van der Waals surface area contributed by atoms with Gasteiger partial charge in [0.1, 0.15) is 6.61 Å². The van der Waals surface area contributed by atoms with Gasteiger partial charge in [-0.3, -0.25) is 4.79 Å². The van der Waals surface area contributed by atoms with Crippen molar-refractivity contribution in [2.75, 3.05) is 11.9 Å². The molecule has 0 radical (unpaired) electrons. The third-order valence-corrected chi connectivity index (χ3v) is 1.48. The smallest absolute Gasteiger partial charge is 0.250 e. The quantitative estimate of drug-likeness (QED) is 0.668. The number of aromatic nitrogens is 1. The van der Waals surface area contributed by atoms with Gasteiger partial charge in [0.05, 0.1) is 5.69 Å². The standard InChI is InChI=1S/C7H7ClN2O2/c8-7-5(2-1-3-9-7)10-6(12)4-11/h1-3,11H,4H2,(H,10,12). The molecule has 1 rings (SSSR count). The van der Waals surface area contributed by atoms with Gasteiger partial charge >= 0.3 is 0 Å². The second kappa shape index (κ2) is 4.04. The maximum Gasteiger partial charge on any atom is 0.250 e. The molecule has 0 bridgehead atoms. The normalized spacial score (nSPS) is 9.50. The summed E-state index contributed by atoms with van der Waals surface area (Å²) in [6.07, 6.45) is 1.51. The number of hydrogen-bond donors (Lipinski definition) is 2. The zero-order valence-corrected chi connectivity index (χ0v) is 6.88. The molecule has 5 heteroatoms. The van der Waals surface area contributed by atoms with Crippen LogP contribution in [0.4, 0.5) is 5.69 Å². The monoisotopic (exact) mass is 186 g/mol.